The van der Waals surface area contributed by atoms with Crippen LogP contribution in [0.2, 0.25) is 0 Å². The largest absolute Gasteiger partial charge is 0.453 e. The molecule has 0 bridgehead atoms. The predicted molar refractivity (Wildman–Crippen MR) is 122 cm³/mol. The van der Waals surface area contributed by atoms with E-state index >= 15 is 0 Å². The summed E-state index contributed by atoms with van der Waals surface area (Å²) in [6.45, 7) is 1.33. The molecule has 2 heterocycles. The van der Waals surface area contributed by atoms with E-state index in [1.807, 2.05) is 36.4 Å². The zero-order valence-corrected chi connectivity index (χ0v) is 17.1. The molecule has 3 aromatic carbocycles. The first-order chi connectivity index (χ1) is 15.6. The number of rotatable bonds is 4. The van der Waals surface area contributed by atoms with Crippen molar-refractivity contribution in [2.24, 2.45) is 5.10 Å². The molecular weight excluding hydrogens is 406 g/mol. The second-order valence-electron chi connectivity index (χ2n) is 7.13. The molecule has 0 N–H and O–H groups in total. The molecule has 156 valence electrons. The molecule has 0 aliphatic rings. The van der Waals surface area contributed by atoms with Gasteiger partial charge in [-0.1, -0.05) is 42.5 Å². The van der Waals surface area contributed by atoms with Crippen LogP contribution in [0.25, 0.3) is 33.5 Å². The van der Waals surface area contributed by atoms with Gasteiger partial charge >= 0.3 is 5.97 Å². The van der Waals surface area contributed by atoms with E-state index in [0.717, 1.165) is 5.39 Å². The van der Waals surface area contributed by atoms with E-state index < -0.39 is 5.97 Å². The molecule has 2 aromatic heterocycles. The molecular formula is C25H17N3O4. The molecule has 7 nitrogen and oxygen atoms in total. The number of aromatic nitrogens is 2. The number of para-hydroxylation sites is 2. The first kappa shape index (κ1) is 19.4. The van der Waals surface area contributed by atoms with Gasteiger partial charge in [0.05, 0.1) is 17.1 Å². The van der Waals surface area contributed by atoms with Crippen LogP contribution in [0.4, 0.5) is 0 Å². The number of benzene rings is 3. The molecule has 0 atom stereocenters. The highest BCUT2D eigenvalue weighted by Crippen LogP contribution is 2.27. The first-order valence-corrected chi connectivity index (χ1v) is 9.92. The van der Waals surface area contributed by atoms with Crippen molar-refractivity contribution in [1.29, 1.82) is 0 Å². The maximum absolute atomic E-state index is 13.3. The Morgan fingerprint density at radius 1 is 1.03 bits per heavy atom. The highest BCUT2D eigenvalue weighted by molar-refractivity contribution is 5.85. The Morgan fingerprint density at radius 2 is 1.84 bits per heavy atom. The van der Waals surface area contributed by atoms with E-state index in [1.54, 1.807) is 42.5 Å². The Labute approximate surface area is 182 Å². The number of esters is 1. The molecule has 5 aromatic rings. The minimum atomic E-state index is -0.416. The minimum Gasteiger partial charge on any atom is -0.453 e. The van der Waals surface area contributed by atoms with Gasteiger partial charge in [-0.05, 0) is 42.0 Å². The average molecular weight is 423 g/mol. The van der Waals surface area contributed by atoms with Crippen molar-refractivity contribution >= 4 is 34.1 Å². The van der Waals surface area contributed by atoms with Crippen LogP contribution in [0.5, 0.6) is 5.75 Å². The number of carbonyl (C=O) groups excluding carboxylic acids is 1. The predicted octanol–water partition coefficient (Wildman–Crippen LogP) is 4.62. The third kappa shape index (κ3) is 3.67. The van der Waals surface area contributed by atoms with Gasteiger partial charge in [0.25, 0.3) is 5.56 Å². The van der Waals surface area contributed by atoms with Gasteiger partial charge in [0.1, 0.15) is 11.3 Å². The van der Waals surface area contributed by atoms with Crippen LogP contribution in [0.1, 0.15) is 12.5 Å². The maximum Gasteiger partial charge on any atom is 0.308 e. The Bertz CT molecular complexity index is 1530. The van der Waals surface area contributed by atoms with Crippen LogP contribution in [-0.2, 0) is 4.79 Å². The summed E-state index contributed by atoms with van der Waals surface area (Å²) < 4.78 is 12.3. The third-order valence-electron chi connectivity index (χ3n) is 4.84. The lowest BCUT2D eigenvalue weighted by Gasteiger charge is -2.07. The smallest absolute Gasteiger partial charge is 0.308 e. The summed E-state index contributed by atoms with van der Waals surface area (Å²) in [6, 6.07) is 23.3. The monoisotopic (exact) mass is 423 g/mol. The summed E-state index contributed by atoms with van der Waals surface area (Å²) in [6.07, 6.45) is 1.51. The van der Waals surface area contributed by atoms with Crippen molar-refractivity contribution in [2.45, 2.75) is 6.92 Å². The van der Waals surface area contributed by atoms with Crippen molar-refractivity contribution < 1.29 is 13.9 Å². The van der Waals surface area contributed by atoms with Crippen molar-refractivity contribution in [1.82, 2.24) is 9.66 Å². The topological polar surface area (TPSA) is 86.7 Å². The van der Waals surface area contributed by atoms with Crippen LogP contribution in [0, 0.1) is 0 Å². The number of ether oxygens (including phenoxy) is 1. The molecule has 0 aliphatic carbocycles. The summed E-state index contributed by atoms with van der Waals surface area (Å²) in [5, 5.41) is 5.75. The molecule has 0 unspecified atom stereocenters. The number of carbonyl (C=O) groups is 1. The van der Waals surface area contributed by atoms with Gasteiger partial charge in [-0.3, -0.25) is 9.59 Å². The van der Waals surface area contributed by atoms with E-state index in [-0.39, 0.29) is 11.4 Å². The van der Waals surface area contributed by atoms with Crippen LogP contribution < -0.4 is 10.3 Å². The molecule has 0 saturated carbocycles. The fraction of sp³-hybridized carbons (Fsp3) is 0.0400. The van der Waals surface area contributed by atoms with Gasteiger partial charge in [-0.2, -0.15) is 9.78 Å². The van der Waals surface area contributed by atoms with Crippen LogP contribution in [0.15, 0.2) is 93.2 Å². The lowest BCUT2D eigenvalue weighted by molar-refractivity contribution is -0.131. The van der Waals surface area contributed by atoms with Crippen molar-refractivity contribution in [3.05, 3.63) is 94.8 Å². The Morgan fingerprint density at radius 3 is 2.69 bits per heavy atom. The molecule has 32 heavy (non-hydrogen) atoms. The summed E-state index contributed by atoms with van der Waals surface area (Å²) in [5.41, 5.74) is 1.57. The van der Waals surface area contributed by atoms with Crippen molar-refractivity contribution in [2.75, 3.05) is 0 Å². The first-order valence-electron chi connectivity index (χ1n) is 9.92. The van der Waals surface area contributed by atoms with E-state index in [2.05, 4.69) is 10.1 Å². The van der Waals surface area contributed by atoms with E-state index in [9.17, 15) is 9.59 Å². The van der Waals surface area contributed by atoms with Crippen molar-refractivity contribution in [3.63, 3.8) is 0 Å². The highest BCUT2D eigenvalue weighted by Gasteiger charge is 2.16. The SMILES string of the molecule is CC(=O)Oc1cccc(C=Nn2c(-c3cc4ccccc4o3)nc3ccccc3c2=O)c1. The number of furan rings is 1. The quantitative estimate of drug-likeness (QED) is 0.239. The lowest BCUT2D eigenvalue weighted by Crippen LogP contribution is -2.20. The second kappa shape index (κ2) is 7.96. The van der Waals surface area contributed by atoms with E-state index in [4.69, 9.17) is 9.15 Å². The Kier molecular flexibility index (Phi) is 4.84. The average Bonchev–Trinajstić information content (AvgIpc) is 3.22. The van der Waals surface area contributed by atoms with E-state index in [1.165, 1.54) is 17.8 Å². The third-order valence-corrected chi connectivity index (χ3v) is 4.84. The Hall–Kier alpha value is -4.52. The lowest BCUT2D eigenvalue weighted by atomic mass is 10.2. The second-order valence-corrected chi connectivity index (χ2v) is 7.13. The van der Waals surface area contributed by atoms with Crippen LogP contribution in [-0.4, -0.2) is 21.8 Å². The summed E-state index contributed by atoms with van der Waals surface area (Å²) in [5.74, 6) is 0.696. The molecule has 7 heteroatoms. The molecule has 0 radical (unpaired) electrons. The van der Waals surface area contributed by atoms with Gasteiger partial charge in [-0.25, -0.2) is 4.98 Å². The van der Waals surface area contributed by atoms with Gasteiger partial charge in [0.2, 0.25) is 5.82 Å². The van der Waals surface area contributed by atoms with Gasteiger partial charge in [-0.15, -0.1) is 0 Å². The zero-order valence-electron chi connectivity index (χ0n) is 17.1. The standard InChI is InChI=1S/C25H17N3O4/c1-16(29)31-19-9-6-7-17(13-19)15-26-28-24(23-14-18-8-2-5-12-22(18)32-23)27-21-11-4-3-10-20(21)25(28)30/h2-15H,1H3. The molecule has 0 saturated heterocycles. The van der Waals surface area contributed by atoms with Gasteiger partial charge in [0.15, 0.2) is 5.76 Å². The zero-order chi connectivity index (χ0) is 22.1. The Balaban J connectivity index is 1.67. The summed E-state index contributed by atoms with van der Waals surface area (Å²) in [7, 11) is 0. The highest BCUT2D eigenvalue weighted by atomic mass is 16.5. The van der Waals surface area contributed by atoms with Crippen molar-refractivity contribution in [3.8, 4) is 17.3 Å². The van der Waals surface area contributed by atoms with Gasteiger partial charge < -0.3 is 9.15 Å². The van der Waals surface area contributed by atoms with E-state index in [0.29, 0.717) is 33.6 Å². The molecule has 0 aliphatic heterocycles. The maximum atomic E-state index is 13.3. The minimum absolute atomic E-state index is 0.289. The molecule has 0 fully saturated rings. The number of hydrogen-bond acceptors (Lipinski definition) is 6. The molecule has 5 rings (SSSR count). The normalized spacial score (nSPS) is 11.4. The fourth-order valence-electron chi connectivity index (χ4n) is 3.43. The number of nitrogens with zero attached hydrogens (tertiary/aromatic N) is 3. The number of hydrogen-bond donors (Lipinski definition) is 0. The summed E-state index contributed by atoms with van der Waals surface area (Å²) in [4.78, 5) is 29.2. The summed E-state index contributed by atoms with van der Waals surface area (Å²) >= 11 is 0. The molecule has 0 amide bonds. The van der Waals surface area contributed by atoms with Crippen LogP contribution in [0.3, 0.4) is 0 Å². The van der Waals surface area contributed by atoms with Crippen LogP contribution >= 0.6 is 0 Å². The fourth-order valence-corrected chi connectivity index (χ4v) is 3.43. The number of fused-ring (bicyclic) bond motifs is 2. The van der Waals surface area contributed by atoms with Gasteiger partial charge in [0, 0.05) is 12.3 Å². The molecule has 0 spiro atoms.